The van der Waals surface area contributed by atoms with Crippen LogP contribution in [-0.4, -0.2) is 23.2 Å². The minimum atomic E-state index is -0.346. The van der Waals surface area contributed by atoms with Crippen LogP contribution in [-0.2, 0) is 6.42 Å². The largest absolute Gasteiger partial charge is 0.395 e. The van der Waals surface area contributed by atoms with Crippen LogP contribution in [0, 0.1) is 11.3 Å². The van der Waals surface area contributed by atoms with Crippen LogP contribution < -0.4 is 10.6 Å². The summed E-state index contributed by atoms with van der Waals surface area (Å²) in [6, 6.07) is 8.94. The number of carbonyl (C=O) groups is 1. The van der Waals surface area contributed by atoms with Gasteiger partial charge in [-0.3, -0.25) is 9.89 Å². The first-order valence-corrected chi connectivity index (χ1v) is 6.20. The number of hydrogen-bond acceptors (Lipinski definition) is 4. The van der Waals surface area contributed by atoms with Gasteiger partial charge in [0.1, 0.15) is 6.07 Å². The van der Waals surface area contributed by atoms with Gasteiger partial charge < -0.3 is 10.6 Å². The first kappa shape index (κ1) is 13.6. The summed E-state index contributed by atoms with van der Waals surface area (Å²) in [6.07, 6.45) is 0.671. The molecule has 0 atom stereocenters. The van der Waals surface area contributed by atoms with Crippen molar-refractivity contribution in [2.75, 3.05) is 17.7 Å². The highest BCUT2D eigenvalue weighted by atomic mass is 16.2. The molecule has 1 aromatic carbocycles. The third-order valence-electron chi connectivity index (χ3n) is 3.13. The highest BCUT2D eigenvalue weighted by Gasteiger charge is 2.22. The van der Waals surface area contributed by atoms with Gasteiger partial charge >= 0.3 is 0 Å². The number of nitrogen functional groups attached to an aromatic ring is 1. The SMILES string of the molecule is CCc1[nH]nc(C(=O)N(C)c2ccccc2C#N)c1N. The van der Waals surface area contributed by atoms with Crippen molar-refractivity contribution in [2.45, 2.75) is 13.3 Å². The zero-order valence-corrected chi connectivity index (χ0v) is 11.3. The van der Waals surface area contributed by atoms with Crippen LogP contribution in [0.25, 0.3) is 0 Å². The zero-order chi connectivity index (χ0) is 14.7. The standard InChI is InChI=1S/C14H15N5O/c1-3-10-12(16)13(18-17-10)14(20)19(2)11-7-5-4-6-9(11)8-15/h4-7H,3,16H2,1-2H3,(H,17,18). The fourth-order valence-corrected chi connectivity index (χ4v) is 1.95. The molecule has 0 fully saturated rings. The molecule has 1 aromatic heterocycles. The van der Waals surface area contributed by atoms with E-state index in [2.05, 4.69) is 16.3 Å². The van der Waals surface area contributed by atoms with Gasteiger partial charge in [-0.05, 0) is 18.6 Å². The molecule has 0 spiro atoms. The molecule has 1 amide bonds. The highest BCUT2D eigenvalue weighted by molar-refractivity contribution is 6.08. The van der Waals surface area contributed by atoms with Gasteiger partial charge in [-0.2, -0.15) is 10.4 Å². The molecule has 0 bridgehead atoms. The lowest BCUT2D eigenvalue weighted by molar-refractivity contribution is 0.0989. The van der Waals surface area contributed by atoms with Crippen molar-refractivity contribution in [3.8, 4) is 6.07 Å². The number of nitrogens with zero attached hydrogens (tertiary/aromatic N) is 3. The van der Waals surface area contributed by atoms with E-state index in [0.717, 1.165) is 5.69 Å². The predicted octanol–water partition coefficient (Wildman–Crippen LogP) is 1.70. The lowest BCUT2D eigenvalue weighted by Crippen LogP contribution is -2.28. The molecule has 102 valence electrons. The Morgan fingerprint density at radius 3 is 2.80 bits per heavy atom. The van der Waals surface area contributed by atoms with E-state index in [1.54, 1.807) is 31.3 Å². The van der Waals surface area contributed by atoms with E-state index in [9.17, 15) is 4.79 Å². The molecule has 1 heterocycles. The van der Waals surface area contributed by atoms with Crippen LogP contribution in [0.15, 0.2) is 24.3 Å². The molecule has 0 aliphatic heterocycles. The summed E-state index contributed by atoms with van der Waals surface area (Å²) in [4.78, 5) is 13.8. The summed E-state index contributed by atoms with van der Waals surface area (Å²) in [6.45, 7) is 1.92. The van der Waals surface area contributed by atoms with Gasteiger partial charge in [0, 0.05) is 7.05 Å². The Morgan fingerprint density at radius 2 is 2.20 bits per heavy atom. The van der Waals surface area contributed by atoms with Crippen molar-refractivity contribution in [3.63, 3.8) is 0 Å². The number of aryl methyl sites for hydroxylation is 1. The van der Waals surface area contributed by atoms with Crippen molar-refractivity contribution in [2.24, 2.45) is 0 Å². The maximum atomic E-state index is 12.4. The van der Waals surface area contributed by atoms with Gasteiger partial charge in [0.15, 0.2) is 5.69 Å². The van der Waals surface area contributed by atoms with E-state index in [4.69, 9.17) is 11.0 Å². The quantitative estimate of drug-likeness (QED) is 0.885. The number of aromatic nitrogens is 2. The van der Waals surface area contributed by atoms with Crippen molar-refractivity contribution in [1.82, 2.24) is 10.2 Å². The van der Waals surface area contributed by atoms with Crippen LogP contribution in [0.5, 0.6) is 0 Å². The maximum Gasteiger partial charge on any atom is 0.280 e. The van der Waals surface area contributed by atoms with Crippen LogP contribution in [0.2, 0.25) is 0 Å². The van der Waals surface area contributed by atoms with Crippen molar-refractivity contribution in [1.29, 1.82) is 5.26 Å². The number of nitrogens with two attached hydrogens (primary N) is 1. The summed E-state index contributed by atoms with van der Waals surface area (Å²) < 4.78 is 0. The first-order chi connectivity index (χ1) is 9.60. The molecular weight excluding hydrogens is 254 g/mol. The molecule has 0 saturated heterocycles. The Kier molecular flexibility index (Phi) is 3.71. The number of para-hydroxylation sites is 1. The van der Waals surface area contributed by atoms with Gasteiger partial charge in [-0.15, -0.1) is 0 Å². The minimum Gasteiger partial charge on any atom is -0.395 e. The summed E-state index contributed by atoms with van der Waals surface area (Å²) in [5.74, 6) is -0.346. The van der Waals surface area contributed by atoms with Crippen molar-refractivity contribution >= 4 is 17.3 Å². The average molecular weight is 269 g/mol. The lowest BCUT2D eigenvalue weighted by Gasteiger charge is -2.17. The number of nitrogens with one attached hydrogen (secondary N) is 1. The van der Waals surface area contributed by atoms with Crippen LogP contribution in [0.3, 0.4) is 0 Å². The Balaban J connectivity index is 2.38. The number of rotatable bonds is 3. The second-order valence-electron chi connectivity index (χ2n) is 4.31. The Bertz CT molecular complexity index is 683. The van der Waals surface area contributed by atoms with E-state index in [1.165, 1.54) is 4.90 Å². The van der Waals surface area contributed by atoms with E-state index in [1.807, 2.05) is 6.92 Å². The molecule has 3 N–H and O–H groups in total. The van der Waals surface area contributed by atoms with Crippen LogP contribution in [0.1, 0.15) is 28.7 Å². The molecule has 0 aliphatic carbocycles. The maximum absolute atomic E-state index is 12.4. The van der Waals surface area contributed by atoms with Crippen molar-refractivity contribution < 1.29 is 4.79 Å². The molecule has 0 radical (unpaired) electrons. The minimum absolute atomic E-state index is 0.178. The normalized spacial score (nSPS) is 10.1. The van der Waals surface area contributed by atoms with Gasteiger partial charge in [-0.25, -0.2) is 0 Å². The fraction of sp³-hybridized carbons (Fsp3) is 0.214. The molecule has 20 heavy (non-hydrogen) atoms. The smallest absolute Gasteiger partial charge is 0.280 e. The number of hydrogen-bond donors (Lipinski definition) is 2. The Hall–Kier alpha value is -2.81. The van der Waals surface area contributed by atoms with Crippen LogP contribution >= 0.6 is 0 Å². The van der Waals surface area contributed by atoms with E-state index < -0.39 is 0 Å². The molecule has 6 nitrogen and oxygen atoms in total. The van der Waals surface area contributed by atoms with Crippen LogP contribution in [0.4, 0.5) is 11.4 Å². The summed E-state index contributed by atoms with van der Waals surface area (Å²) in [5, 5.41) is 15.8. The Labute approximate surface area is 116 Å². The number of nitriles is 1. The summed E-state index contributed by atoms with van der Waals surface area (Å²) >= 11 is 0. The third kappa shape index (κ3) is 2.21. The molecule has 2 aromatic rings. The lowest BCUT2D eigenvalue weighted by atomic mass is 10.1. The highest BCUT2D eigenvalue weighted by Crippen LogP contribution is 2.22. The van der Waals surface area contributed by atoms with E-state index in [-0.39, 0.29) is 11.6 Å². The summed E-state index contributed by atoms with van der Waals surface area (Å²) in [5.41, 5.74) is 8.12. The van der Waals surface area contributed by atoms with E-state index in [0.29, 0.717) is 23.4 Å². The molecular formula is C14H15N5O. The monoisotopic (exact) mass is 269 g/mol. The predicted molar refractivity (Wildman–Crippen MR) is 76.3 cm³/mol. The van der Waals surface area contributed by atoms with Gasteiger partial charge in [0.25, 0.3) is 5.91 Å². The molecule has 2 rings (SSSR count). The molecule has 0 aliphatic rings. The summed E-state index contributed by atoms with van der Waals surface area (Å²) in [7, 11) is 1.60. The number of aromatic amines is 1. The number of amides is 1. The van der Waals surface area contributed by atoms with Crippen molar-refractivity contribution in [3.05, 3.63) is 41.2 Å². The van der Waals surface area contributed by atoms with Gasteiger partial charge in [-0.1, -0.05) is 19.1 Å². The number of anilines is 2. The second kappa shape index (κ2) is 5.45. The molecule has 6 heteroatoms. The molecule has 0 saturated carbocycles. The number of benzene rings is 1. The molecule has 0 unspecified atom stereocenters. The zero-order valence-electron chi connectivity index (χ0n) is 11.3. The number of carbonyl (C=O) groups excluding carboxylic acids is 1. The Morgan fingerprint density at radius 1 is 1.50 bits per heavy atom. The topological polar surface area (TPSA) is 98.8 Å². The van der Waals surface area contributed by atoms with Gasteiger partial charge in [0.2, 0.25) is 0 Å². The first-order valence-electron chi connectivity index (χ1n) is 6.20. The second-order valence-corrected chi connectivity index (χ2v) is 4.31. The van der Waals surface area contributed by atoms with E-state index >= 15 is 0 Å². The van der Waals surface area contributed by atoms with Gasteiger partial charge in [0.05, 0.1) is 22.6 Å². The average Bonchev–Trinajstić information content (AvgIpc) is 2.86. The third-order valence-corrected chi connectivity index (χ3v) is 3.13. The fourth-order valence-electron chi connectivity index (χ4n) is 1.95. The number of H-pyrrole nitrogens is 1.